The molecule has 6 nitrogen and oxygen atoms in total. The van der Waals surface area contributed by atoms with Crippen LogP contribution in [0.3, 0.4) is 0 Å². The monoisotopic (exact) mass is 293 g/mol. The highest BCUT2D eigenvalue weighted by molar-refractivity contribution is 5.94. The summed E-state index contributed by atoms with van der Waals surface area (Å²) in [5, 5.41) is 14.8. The van der Waals surface area contributed by atoms with E-state index in [2.05, 4.69) is 10.6 Å². The molecule has 0 radical (unpaired) electrons. The molecule has 0 bridgehead atoms. The maximum absolute atomic E-state index is 12.0. The minimum atomic E-state index is -1.02. The van der Waals surface area contributed by atoms with Gasteiger partial charge in [-0.05, 0) is 32.6 Å². The lowest BCUT2D eigenvalue weighted by molar-refractivity contribution is -0.141. The zero-order valence-corrected chi connectivity index (χ0v) is 12.7. The van der Waals surface area contributed by atoms with Crippen LogP contribution >= 0.6 is 0 Å². The van der Waals surface area contributed by atoms with Gasteiger partial charge in [-0.1, -0.05) is 18.2 Å². The van der Waals surface area contributed by atoms with E-state index in [9.17, 15) is 9.59 Å². The minimum Gasteiger partial charge on any atom is -0.480 e. The fourth-order valence-corrected chi connectivity index (χ4v) is 1.81. The van der Waals surface area contributed by atoms with Crippen molar-refractivity contribution >= 4 is 17.6 Å². The molecule has 1 rings (SSSR count). The number of carbonyl (C=O) groups is 2. The molecule has 1 aromatic carbocycles. The van der Waals surface area contributed by atoms with Crippen molar-refractivity contribution in [1.29, 1.82) is 0 Å². The van der Waals surface area contributed by atoms with Crippen molar-refractivity contribution in [2.75, 3.05) is 32.5 Å². The summed E-state index contributed by atoms with van der Waals surface area (Å²) < 4.78 is 0. The number of aryl methyl sites for hydroxylation is 1. The fourth-order valence-electron chi connectivity index (χ4n) is 1.81. The van der Waals surface area contributed by atoms with Crippen molar-refractivity contribution in [1.82, 2.24) is 10.2 Å². The number of amides is 1. The lowest BCUT2D eigenvalue weighted by Gasteiger charge is -2.16. The van der Waals surface area contributed by atoms with Gasteiger partial charge in [0.2, 0.25) is 5.91 Å². The third-order valence-corrected chi connectivity index (χ3v) is 3.06. The topological polar surface area (TPSA) is 81.7 Å². The third-order valence-electron chi connectivity index (χ3n) is 3.06. The normalized spacial score (nSPS) is 12.2. The van der Waals surface area contributed by atoms with Crippen molar-refractivity contribution in [3.05, 3.63) is 29.8 Å². The van der Waals surface area contributed by atoms with Gasteiger partial charge in [-0.3, -0.25) is 9.59 Å². The van der Waals surface area contributed by atoms with E-state index in [1.165, 1.54) is 0 Å². The van der Waals surface area contributed by atoms with Crippen LogP contribution in [0.5, 0.6) is 0 Å². The van der Waals surface area contributed by atoms with E-state index in [1.807, 2.05) is 44.1 Å². The highest BCUT2D eigenvalue weighted by Gasteiger charge is 2.20. The number of para-hydroxylation sites is 1. The van der Waals surface area contributed by atoms with Gasteiger partial charge in [-0.25, -0.2) is 0 Å². The summed E-state index contributed by atoms with van der Waals surface area (Å²) in [5.41, 5.74) is 1.65. The molecule has 0 aromatic heterocycles. The van der Waals surface area contributed by atoms with Crippen LogP contribution in [0.1, 0.15) is 12.0 Å². The summed E-state index contributed by atoms with van der Waals surface area (Å²) in [7, 11) is 3.81. The van der Waals surface area contributed by atoms with Crippen LogP contribution in [0.25, 0.3) is 0 Å². The van der Waals surface area contributed by atoms with Crippen molar-refractivity contribution in [3.8, 4) is 0 Å². The molecule has 0 aliphatic rings. The van der Waals surface area contributed by atoms with Gasteiger partial charge in [0.15, 0.2) is 0 Å². The number of benzene rings is 1. The van der Waals surface area contributed by atoms with Crippen LogP contribution in [0.4, 0.5) is 5.69 Å². The Morgan fingerprint density at radius 3 is 2.52 bits per heavy atom. The van der Waals surface area contributed by atoms with E-state index in [1.54, 1.807) is 6.07 Å². The number of hydrogen-bond donors (Lipinski definition) is 3. The second-order valence-electron chi connectivity index (χ2n) is 5.22. The average molecular weight is 293 g/mol. The number of carboxylic acid groups (broad SMARTS) is 1. The first-order valence-corrected chi connectivity index (χ1v) is 6.86. The molecule has 6 heteroatoms. The predicted octanol–water partition coefficient (Wildman–Crippen LogP) is 0.928. The van der Waals surface area contributed by atoms with E-state index < -0.39 is 12.0 Å². The first kappa shape index (κ1) is 17.1. The Morgan fingerprint density at radius 1 is 1.29 bits per heavy atom. The maximum atomic E-state index is 12.0. The van der Waals surface area contributed by atoms with Gasteiger partial charge in [-0.2, -0.15) is 0 Å². The average Bonchev–Trinajstić information content (AvgIpc) is 2.39. The van der Waals surface area contributed by atoms with E-state index >= 15 is 0 Å². The number of nitrogens with one attached hydrogen (secondary N) is 2. The highest BCUT2D eigenvalue weighted by atomic mass is 16.4. The number of carboxylic acids is 1. The van der Waals surface area contributed by atoms with Crippen LogP contribution < -0.4 is 10.6 Å². The summed E-state index contributed by atoms with van der Waals surface area (Å²) in [4.78, 5) is 25.1. The van der Waals surface area contributed by atoms with Gasteiger partial charge in [0, 0.05) is 18.8 Å². The SMILES string of the molecule is Cc1ccccc1NC(=O)CC(NCCN(C)C)C(=O)O. The van der Waals surface area contributed by atoms with Gasteiger partial charge in [0.05, 0.1) is 6.42 Å². The number of likely N-dealkylation sites (N-methyl/N-ethyl adjacent to an activating group) is 1. The molecule has 1 amide bonds. The molecule has 0 aliphatic heterocycles. The molecule has 1 unspecified atom stereocenters. The molecule has 0 fully saturated rings. The lowest BCUT2D eigenvalue weighted by atomic mass is 10.1. The smallest absolute Gasteiger partial charge is 0.321 e. The second kappa shape index (κ2) is 8.39. The Labute approximate surface area is 125 Å². The van der Waals surface area contributed by atoms with Crippen LogP contribution in [0, 0.1) is 6.92 Å². The molecule has 21 heavy (non-hydrogen) atoms. The number of rotatable bonds is 8. The van der Waals surface area contributed by atoms with E-state index in [4.69, 9.17) is 5.11 Å². The maximum Gasteiger partial charge on any atom is 0.321 e. The number of anilines is 1. The van der Waals surface area contributed by atoms with Crippen molar-refractivity contribution < 1.29 is 14.7 Å². The molecule has 3 N–H and O–H groups in total. The predicted molar refractivity (Wildman–Crippen MR) is 82.4 cm³/mol. The minimum absolute atomic E-state index is 0.100. The molecule has 0 spiro atoms. The quantitative estimate of drug-likeness (QED) is 0.664. The largest absolute Gasteiger partial charge is 0.480 e. The van der Waals surface area contributed by atoms with Crippen LogP contribution in [0.15, 0.2) is 24.3 Å². The van der Waals surface area contributed by atoms with Gasteiger partial charge >= 0.3 is 5.97 Å². The van der Waals surface area contributed by atoms with Gasteiger partial charge in [0.1, 0.15) is 6.04 Å². The Hall–Kier alpha value is -1.92. The number of carbonyl (C=O) groups excluding carboxylic acids is 1. The van der Waals surface area contributed by atoms with Crippen LogP contribution in [-0.4, -0.2) is 55.1 Å². The fraction of sp³-hybridized carbons (Fsp3) is 0.467. The third kappa shape index (κ3) is 6.37. The summed E-state index contributed by atoms with van der Waals surface area (Å²) >= 11 is 0. The molecule has 1 atom stereocenters. The molecule has 0 saturated heterocycles. The highest BCUT2D eigenvalue weighted by Crippen LogP contribution is 2.13. The Balaban J connectivity index is 2.53. The lowest BCUT2D eigenvalue weighted by Crippen LogP contribution is -2.42. The standard InChI is InChI=1S/C15H23N3O3/c1-11-6-4-5-7-12(11)17-14(19)10-13(15(20)21)16-8-9-18(2)3/h4-7,13,16H,8-10H2,1-3H3,(H,17,19)(H,20,21). The molecule has 0 saturated carbocycles. The number of aliphatic carboxylic acids is 1. The zero-order chi connectivity index (χ0) is 15.8. The number of hydrogen-bond acceptors (Lipinski definition) is 4. The summed E-state index contributed by atoms with van der Waals surface area (Å²) in [6, 6.07) is 6.51. The Bertz CT molecular complexity index is 489. The van der Waals surface area contributed by atoms with Crippen molar-refractivity contribution in [2.45, 2.75) is 19.4 Å². The molecule has 0 aliphatic carbocycles. The van der Waals surface area contributed by atoms with Crippen molar-refractivity contribution in [3.63, 3.8) is 0 Å². The Morgan fingerprint density at radius 2 is 1.95 bits per heavy atom. The van der Waals surface area contributed by atoms with Gasteiger partial charge < -0.3 is 20.6 Å². The van der Waals surface area contributed by atoms with E-state index in [0.717, 1.165) is 5.56 Å². The van der Waals surface area contributed by atoms with Gasteiger partial charge in [-0.15, -0.1) is 0 Å². The molecule has 1 aromatic rings. The van der Waals surface area contributed by atoms with Crippen LogP contribution in [-0.2, 0) is 9.59 Å². The molecular formula is C15H23N3O3. The first-order valence-electron chi connectivity index (χ1n) is 6.86. The van der Waals surface area contributed by atoms with E-state index in [0.29, 0.717) is 18.8 Å². The van der Waals surface area contributed by atoms with Gasteiger partial charge in [0.25, 0.3) is 0 Å². The molecule has 116 valence electrons. The van der Waals surface area contributed by atoms with Crippen molar-refractivity contribution in [2.24, 2.45) is 0 Å². The molecular weight excluding hydrogens is 270 g/mol. The summed E-state index contributed by atoms with van der Waals surface area (Å²) in [6.45, 7) is 3.12. The zero-order valence-electron chi connectivity index (χ0n) is 12.7. The Kier molecular flexibility index (Phi) is 6.84. The van der Waals surface area contributed by atoms with Crippen LogP contribution in [0.2, 0.25) is 0 Å². The first-order chi connectivity index (χ1) is 9.90. The number of nitrogens with zero attached hydrogens (tertiary/aromatic N) is 1. The molecule has 0 heterocycles. The summed E-state index contributed by atoms with van der Waals surface area (Å²) in [5.74, 6) is -1.33. The summed E-state index contributed by atoms with van der Waals surface area (Å²) in [6.07, 6.45) is -0.100. The second-order valence-corrected chi connectivity index (χ2v) is 5.22. The van der Waals surface area contributed by atoms with E-state index in [-0.39, 0.29) is 12.3 Å².